The fourth-order valence-electron chi connectivity index (χ4n) is 4.06. The van der Waals surface area contributed by atoms with Crippen molar-refractivity contribution in [1.82, 2.24) is 10.2 Å². The smallest absolute Gasteiger partial charge is 0.227 e. The molecule has 3 N–H and O–H groups in total. The van der Waals surface area contributed by atoms with Crippen molar-refractivity contribution < 1.29 is 4.79 Å². The number of nitrogens with two attached hydrogens (primary N) is 1. The molecule has 0 aromatic heterocycles. The van der Waals surface area contributed by atoms with Crippen molar-refractivity contribution in [3.05, 3.63) is 0 Å². The number of amides is 1. The molecule has 0 bridgehead atoms. The minimum Gasteiger partial charge on any atom is -0.351 e. The maximum absolute atomic E-state index is 12.5. The summed E-state index contributed by atoms with van der Waals surface area (Å²) < 4.78 is 0. The van der Waals surface area contributed by atoms with Gasteiger partial charge in [-0.25, -0.2) is 0 Å². The lowest BCUT2D eigenvalue weighted by Crippen LogP contribution is -2.52. The predicted molar refractivity (Wildman–Crippen MR) is 71.1 cm³/mol. The molecule has 3 fully saturated rings. The third kappa shape index (κ3) is 1.86. The van der Waals surface area contributed by atoms with Crippen LogP contribution in [0, 0.1) is 5.41 Å². The molecule has 2 saturated heterocycles. The fraction of sp³-hybridized carbons (Fsp3) is 0.929. The van der Waals surface area contributed by atoms with Gasteiger partial charge in [-0.2, -0.15) is 0 Å². The lowest BCUT2D eigenvalue weighted by Gasteiger charge is -2.31. The van der Waals surface area contributed by atoms with Crippen molar-refractivity contribution >= 4 is 5.91 Å². The average molecular weight is 251 g/mol. The average Bonchev–Trinajstić information content (AvgIpc) is 2.99. The van der Waals surface area contributed by atoms with Crippen LogP contribution in [0.4, 0.5) is 0 Å². The normalized spacial score (nSPS) is 44.2. The predicted octanol–water partition coefficient (Wildman–Crippen LogP) is 0.857. The second-order valence-electron chi connectivity index (χ2n) is 6.53. The van der Waals surface area contributed by atoms with E-state index in [0.717, 1.165) is 32.2 Å². The number of nitrogens with one attached hydrogen (secondary N) is 1. The molecule has 4 atom stereocenters. The second-order valence-corrected chi connectivity index (χ2v) is 6.53. The Kier molecular flexibility index (Phi) is 3.10. The summed E-state index contributed by atoms with van der Waals surface area (Å²) in [5.74, 6) is 0.200. The highest BCUT2D eigenvalue weighted by molar-refractivity contribution is 5.83. The minimum absolute atomic E-state index is 0.0404. The SMILES string of the molecule is CC1(C(=O)NC2CCN3CCCC23)CCCC1N. The molecular formula is C14H25N3O. The van der Waals surface area contributed by atoms with Gasteiger partial charge in [-0.3, -0.25) is 9.69 Å². The number of carbonyl (C=O) groups excluding carboxylic acids is 1. The van der Waals surface area contributed by atoms with E-state index in [0.29, 0.717) is 12.1 Å². The Balaban J connectivity index is 1.64. The van der Waals surface area contributed by atoms with Gasteiger partial charge < -0.3 is 11.1 Å². The number of fused-ring (bicyclic) bond motifs is 1. The van der Waals surface area contributed by atoms with Gasteiger partial charge in [0, 0.05) is 24.7 Å². The van der Waals surface area contributed by atoms with Crippen molar-refractivity contribution in [2.45, 2.75) is 63.6 Å². The van der Waals surface area contributed by atoms with Gasteiger partial charge in [0.2, 0.25) is 5.91 Å². The van der Waals surface area contributed by atoms with Gasteiger partial charge in [-0.1, -0.05) is 6.42 Å². The minimum atomic E-state index is -0.327. The van der Waals surface area contributed by atoms with Crippen LogP contribution in [-0.4, -0.2) is 42.0 Å². The Labute approximate surface area is 109 Å². The maximum atomic E-state index is 12.5. The molecule has 3 aliphatic rings. The van der Waals surface area contributed by atoms with Crippen molar-refractivity contribution in [2.75, 3.05) is 13.1 Å². The number of hydrogen-bond acceptors (Lipinski definition) is 3. The molecule has 1 amide bonds. The fourth-order valence-corrected chi connectivity index (χ4v) is 4.06. The number of rotatable bonds is 2. The van der Waals surface area contributed by atoms with Crippen LogP contribution in [0.5, 0.6) is 0 Å². The molecule has 0 radical (unpaired) electrons. The standard InChI is InChI=1S/C14H25N3O/c1-14(7-2-5-12(14)15)13(18)16-10-6-9-17-8-3-4-11(10)17/h10-12H,2-9,15H2,1H3,(H,16,18). The third-order valence-electron chi connectivity index (χ3n) is 5.47. The van der Waals surface area contributed by atoms with E-state index in [1.54, 1.807) is 0 Å². The first-order valence-corrected chi connectivity index (χ1v) is 7.42. The van der Waals surface area contributed by atoms with E-state index in [4.69, 9.17) is 5.73 Å². The molecule has 0 aromatic rings. The Morgan fingerprint density at radius 1 is 1.28 bits per heavy atom. The Bertz CT molecular complexity index is 346. The third-order valence-corrected chi connectivity index (χ3v) is 5.47. The van der Waals surface area contributed by atoms with Gasteiger partial charge in [0.05, 0.1) is 5.41 Å². The van der Waals surface area contributed by atoms with Crippen LogP contribution in [0.25, 0.3) is 0 Å². The van der Waals surface area contributed by atoms with E-state index in [-0.39, 0.29) is 17.4 Å². The molecular weight excluding hydrogens is 226 g/mol. The van der Waals surface area contributed by atoms with Gasteiger partial charge >= 0.3 is 0 Å². The Morgan fingerprint density at radius 2 is 2.11 bits per heavy atom. The number of hydrogen-bond donors (Lipinski definition) is 2. The Morgan fingerprint density at radius 3 is 2.83 bits per heavy atom. The highest BCUT2D eigenvalue weighted by Crippen LogP contribution is 2.37. The molecule has 102 valence electrons. The molecule has 1 aliphatic carbocycles. The van der Waals surface area contributed by atoms with Crippen LogP contribution in [0.1, 0.15) is 45.4 Å². The molecule has 0 aromatic carbocycles. The summed E-state index contributed by atoms with van der Waals surface area (Å²) in [6.45, 7) is 4.41. The zero-order valence-corrected chi connectivity index (χ0v) is 11.3. The van der Waals surface area contributed by atoms with E-state index >= 15 is 0 Å². The van der Waals surface area contributed by atoms with Gasteiger partial charge in [-0.05, 0) is 45.6 Å². The van der Waals surface area contributed by atoms with Crippen LogP contribution in [0.3, 0.4) is 0 Å². The number of nitrogens with zero attached hydrogens (tertiary/aromatic N) is 1. The zero-order chi connectivity index (χ0) is 12.8. The highest BCUT2D eigenvalue weighted by atomic mass is 16.2. The lowest BCUT2D eigenvalue weighted by molar-refractivity contribution is -0.131. The maximum Gasteiger partial charge on any atom is 0.227 e. The summed E-state index contributed by atoms with van der Waals surface area (Å²) in [7, 11) is 0. The molecule has 2 aliphatic heterocycles. The van der Waals surface area contributed by atoms with Gasteiger partial charge in [-0.15, -0.1) is 0 Å². The number of carbonyl (C=O) groups is 1. The quantitative estimate of drug-likeness (QED) is 0.765. The van der Waals surface area contributed by atoms with E-state index in [1.807, 2.05) is 6.92 Å². The van der Waals surface area contributed by atoms with Gasteiger partial charge in [0.25, 0.3) is 0 Å². The summed E-state index contributed by atoms with van der Waals surface area (Å²) in [6.07, 6.45) is 6.67. The first-order valence-electron chi connectivity index (χ1n) is 7.42. The van der Waals surface area contributed by atoms with Crippen LogP contribution in [0.2, 0.25) is 0 Å². The van der Waals surface area contributed by atoms with Crippen LogP contribution < -0.4 is 11.1 Å². The summed E-state index contributed by atoms with van der Waals surface area (Å²) >= 11 is 0. The lowest BCUT2D eigenvalue weighted by atomic mass is 9.83. The van der Waals surface area contributed by atoms with Crippen molar-refractivity contribution in [1.29, 1.82) is 0 Å². The Hall–Kier alpha value is -0.610. The van der Waals surface area contributed by atoms with Gasteiger partial charge in [0.1, 0.15) is 0 Å². The van der Waals surface area contributed by atoms with E-state index in [2.05, 4.69) is 10.2 Å². The van der Waals surface area contributed by atoms with E-state index in [9.17, 15) is 4.79 Å². The summed E-state index contributed by atoms with van der Waals surface area (Å²) in [5.41, 5.74) is 5.80. The van der Waals surface area contributed by atoms with Crippen LogP contribution in [0.15, 0.2) is 0 Å². The van der Waals surface area contributed by atoms with Crippen LogP contribution >= 0.6 is 0 Å². The first kappa shape index (κ1) is 12.4. The van der Waals surface area contributed by atoms with Crippen molar-refractivity contribution in [3.8, 4) is 0 Å². The first-order chi connectivity index (χ1) is 8.61. The molecule has 1 saturated carbocycles. The molecule has 2 heterocycles. The van der Waals surface area contributed by atoms with E-state index < -0.39 is 0 Å². The summed E-state index contributed by atoms with van der Waals surface area (Å²) in [4.78, 5) is 15.0. The molecule has 3 rings (SSSR count). The van der Waals surface area contributed by atoms with Crippen molar-refractivity contribution in [2.24, 2.45) is 11.1 Å². The van der Waals surface area contributed by atoms with Gasteiger partial charge in [0.15, 0.2) is 0 Å². The molecule has 0 spiro atoms. The zero-order valence-electron chi connectivity index (χ0n) is 11.3. The van der Waals surface area contributed by atoms with Crippen molar-refractivity contribution in [3.63, 3.8) is 0 Å². The highest BCUT2D eigenvalue weighted by Gasteiger charge is 2.45. The second kappa shape index (κ2) is 4.49. The molecule has 18 heavy (non-hydrogen) atoms. The topological polar surface area (TPSA) is 58.4 Å². The summed E-state index contributed by atoms with van der Waals surface area (Å²) in [5, 5.41) is 3.30. The summed E-state index contributed by atoms with van der Waals surface area (Å²) in [6, 6.07) is 0.999. The molecule has 4 nitrogen and oxygen atoms in total. The van der Waals surface area contributed by atoms with Crippen LogP contribution in [-0.2, 0) is 4.79 Å². The van der Waals surface area contributed by atoms with E-state index in [1.165, 1.54) is 19.4 Å². The monoisotopic (exact) mass is 251 g/mol. The molecule has 4 heteroatoms. The molecule has 4 unspecified atom stereocenters. The largest absolute Gasteiger partial charge is 0.351 e.